The first-order valence-electron chi connectivity index (χ1n) is 19.1. The molecule has 53 heavy (non-hydrogen) atoms. The molecule has 4 N–H and O–H groups in total. The van der Waals surface area contributed by atoms with Crippen LogP contribution in [-0.4, -0.2) is 80.0 Å². The van der Waals surface area contributed by atoms with E-state index in [9.17, 15) is 10.2 Å². The van der Waals surface area contributed by atoms with Crippen LogP contribution in [0.5, 0.6) is 0 Å². The SMILES string of the molecule is CCCCP(O)(CCCC)(CCCC)CCCC.CCCCP([B]C#N)(CCCC)(CCCC)CCCC.N#CC#N.N#CC#N.O.[B-]C#N.[K+].[K+].[OH-]. The van der Waals surface area contributed by atoms with Gasteiger partial charge in [-0.05, 0) is 0 Å². The van der Waals surface area contributed by atoms with Crippen LogP contribution in [0.15, 0.2) is 0 Å². The van der Waals surface area contributed by atoms with Gasteiger partial charge in [-0.2, -0.15) is 21.0 Å². The molecule has 0 unspecified atom stereocenters. The topological polar surface area (TPSA) is 224 Å². The molecular weight excluding hydrogens is 750 g/mol. The molecule has 0 aliphatic heterocycles. The Labute approximate surface area is 416 Å². The Bertz CT molecular complexity index is 905. The molecule has 0 aromatic carbocycles. The van der Waals surface area contributed by atoms with Crippen LogP contribution in [0.2, 0.25) is 0 Å². The summed E-state index contributed by atoms with van der Waals surface area (Å²) in [6, 6.07) is 4.94. The van der Waals surface area contributed by atoms with E-state index < -0.39 is 13.3 Å². The Hall–Kier alpha value is 1.08. The van der Waals surface area contributed by atoms with Gasteiger partial charge < -0.3 is 18.8 Å². The normalized spacial score (nSPS) is 10.5. The van der Waals surface area contributed by atoms with Gasteiger partial charge in [-0.15, -0.1) is 0 Å². The van der Waals surface area contributed by atoms with Crippen molar-refractivity contribution in [2.75, 3.05) is 49.3 Å². The molecule has 294 valence electrons. The van der Waals surface area contributed by atoms with Crippen molar-refractivity contribution in [2.24, 2.45) is 0 Å². The van der Waals surface area contributed by atoms with Gasteiger partial charge >= 0.3 is 347 Å². The summed E-state index contributed by atoms with van der Waals surface area (Å²) < 4.78 is 0. The number of nitriles is 6. The number of hydrogen-bond donors (Lipinski definition) is 1. The second-order valence-corrected chi connectivity index (χ2v) is 25.2. The molecule has 0 saturated heterocycles. The van der Waals surface area contributed by atoms with Crippen molar-refractivity contribution >= 4 is 28.2 Å². The third kappa shape index (κ3) is 44.0. The molecule has 4 radical (unpaired) electrons. The maximum atomic E-state index is 11.6. The molecule has 0 aromatic heterocycles. The van der Waals surface area contributed by atoms with Crippen LogP contribution < -0.4 is 103 Å². The first kappa shape index (κ1) is 75.0. The van der Waals surface area contributed by atoms with Crippen molar-refractivity contribution in [3.05, 3.63) is 0 Å². The van der Waals surface area contributed by atoms with Gasteiger partial charge in [-0.25, -0.2) is 0 Å². The van der Waals surface area contributed by atoms with Crippen LogP contribution in [0.3, 0.4) is 0 Å². The van der Waals surface area contributed by atoms with Gasteiger partial charge in [-0.3, -0.25) is 11.2 Å². The summed E-state index contributed by atoms with van der Waals surface area (Å²) in [6.07, 6.45) is 30.1. The van der Waals surface area contributed by atoms with Crippen molar-refractivity contribution < 1.29 is 119 Å². The van der Waals surface area contributed by atoms with Crippen LogP contribution >= 0.6 is 13.3 Å². The zero-order chi connectivity index (χ0) is 38.8. The van der Waals surface area contributed by atoms with Gasteiger partial charge in [-0.1, -0.05) is 0 Å². The number of nitrogens with zero attached hydrogens (tertiary/aromatic N) is 6. The summed E-state index contributed by atoms with van der Waals surface area (Å²) in [5, 5.41) is 45.6. The minimum Gasteiger partial charge on any atom is -0.870 e. The summed E-state index contributed by atoms with van der Waals surface area (Å²) in [7, 11) is 4.15. The molecule has 15 heteroatoms. The van der Waals surface area contributed by atoms with E-state index in [1.165, 1.54) is 158 Å². The molecule has 0 fully saturated rings. The minimum absolute atomic E-state index is 0. The third-order valence-electron chi connectivity index (χ3n) is 9.33. The van der Waals surface area contributed by atoms with Crippen molar-refractivity contribution in [2.45, 2.75) is 158 Å². The van der Waals surface area contributed by atoms with Crippen LogP contribution in [0, 0.1) is 67.8 Å². The van der Waals surface area contributed by atoms with Crippen LogP contribution in [0.25, 0.3) is 0 Å². The summed E-state index contributed by atoms with van der Waals surface area (Å²) in [5.74, 6) is 3.77. The maximum absolute atomic E-state index is 11.6. The summed E-state index contributed by atoms with van der Waals surface area (Å²) in [4.78, 5) is 11.6. The number of hydrogen-bond acceptors (Lipinski definition) is 8. The van der Waals surface area contributed by atoms with E-state index in [4.69, 9.17) is 26.3 Å². The Kier molecular flexibility index (Phi) is 75.1. The van der Waals surface area contributed by atoms with Gasteiger partial charge in [0.05, 0.1) is 0 Å². The number of rotatable bonds is 25. The molecule has 0 aliphatic rings. The smallest absolute Gasteiger partial charge is 0.870 e. The molecule has 0 rings (SSSR count). The van der Waals surface area contributed by atoms with Crippen LogP contribution in [0.4, 0.5) is 0 Å². The van der Waals surface area contributed by atoms with Gasteiger partial charge in [0, 0.05) is 0 Å². The van der Waals surface area contributed by atoms with E-state index in [0.29, 0.717) is 0 Å². The second kappa shape index (κ2) is 53.1. The largest absolute Gasteiger partial charge is 1.00 e. The Morgan fingerprint density at radius 2 is 0.623 bits per heavy atom. The molecule has 0 heterocycles. The van der Waals surface area contributed by atoms with Crippen molar-refractivity contribution in [1.29, 1.82) is 31.6 Å². The summed E-state index contributed by atoms with van der Waals surface area (Å²) >= 11 is 0. The van der Waals surface area contributed by atoms with E-state index in [-0.39, 0.29) is 114 Å². The average Bonchev–Trinajstić information content (AvgIpc) is 3.13. The number of unbranched alkanes of at least 4 members (excludes halogenated alkanes) is 8. The molecule has 0 aromatic rings. The Morgan fingerprint density at radius 1 is 0.453 bits per heavy atom. The molecule has 0 amide bonds. The molecule has 9 nitrogen and oxygen atoms in total. The van der Waals surface area contributed by atoms with Gasteiger partial charge in [0.25, 0.3) is 0 Å². The van der Waals surface area contributed by atoms with Gasteiger partial charge in [0.2, 0.25) is 0 Å². The molecule has 0 bridgehead atoms. The molecule has 0 spiro atoms. The van der Waals surface area contributed by atoms with E-state index in [2.05, 4.69) is 76.2 Å². The van der Waals surface area contributed by atoms with Gasteiger partial charge in [0.15, 0.2) is 24.3 Å². The second-order valence-electron chi connectivity index (χ2n) is 13.4. The van der Waals surface area contributed by atoms with E-state index in [1.54, 1.807) is 0 Å². The monoisotopic (exact) mass is 826 g/mol. The van der Waals surface area contributed by atoms with E-state index in [0.717, 1.165) is 24.6 Å². The van der Waals surface area contributed by atoms with E-state index >= 15 is 0 Å². The fourth-order valence-electron chi connectivity index (χ4n) is 6.36. The molecule has 0 saturated carbocycles. The van der Waals surface area contributed by atoms with Crippen LogP contribution in [0.1, 0.15) is 158 Å². The molecule has 0 aliphatic carbocycles. The van der Waals surface area contributed by atoms with E-state index in [1.807, 2.05) is 0 Å². The van der Waals surface area contributed by atoms with Crippen molar-refractivity contribution in [1.82, 2.24) is 0 Å². The standard InChI is InChI=1S/C17H36BNP.C16H37OP.2C2N2.CBN.2K.2H2O/c1-5-9-13-20(18-17-19,14-10-6-2,15-11-7-3)16-12-8-4;1-5-9-13-18(17,14-10-6-2,15-11-7-3)16-12-8-4;2*3-1-2-4;2-1-3;;;;/h5-16H2,1-4H3;17H,5-16H2,1-4H3;;;;;;2*1H2/q;;;;-1;2*+1;;/p-1. The summed E-state index contributed by atoms with van der Waals surface area (Å²) in [6.45, 7) is 16.1. The van der Waals surface area contributed by atoms with Crippen LogP contribution in [-0.2, 0) is 0 Å². The minimum atomic E-state index is -2.36. The third-order valence-corrected chi connectivity index (χ3v) is 22.1. The molecule has 0 atom stereocenters. The zero-order valence-corrected chi connectivity index (χ0v) is 44.1. The van der Waals surface area contributed by atoms with Crippen molar-refractivity contribution in [3.8, 4) is 36.2 Å². The maximum Gasteiger partial charge on any atom is 1.00 e. The fraction of sp³-hybridized carbons (Fsp3) is 0.842. The predicted octanol–water partition coefficient (Wildman–Crippen LogP) is 4.20. The average molecular weight is 827 g/mol. The first-order chi connectivity index (χ1) is 23.4. The first-order valence-corrected chi connectivity index (χ1v) is 25.0. The zero-order valence-electron chi connectivity index (χ0n) is 36.1. The van der Waals surface area contributed by atoms with Crippen molar-refractivity contribution in [3.63, 3.8) is 0 Å². The quantitative estimate of drug-likeness (QED) is 0.103. The summed E-state index contributed by atoms with van der Waals surface area (Å²) in [5.41, 5.74) is 0. The Balaban J connectivity index is -0.0000000769. The van der Waals surface area contributed by atoms with Gasteiger partial charge in [0.1, 0.15) is 0 Å². The predicted molar refractivity (Wildman–Crippen MR) is 225 cm³/mol. The fourth-order valence-corrected chi connectivity index (χ4v) is 19.1. The molecular formula is C38H76B2K2N6O3P2. The Morgan fingerprint density at radius 3 is 0.755 bits per heavy atom.